The number of halogens is 6. The molecule has 9 heteroatoms. The van der Waals surface area contributed by atoms with Crippen molar-refractivity contribution < 1.29 is 31.5 Å². The zero-order valence-electron chi connectivity index (χ0n) is 12.0. The fourth-order valence-corrected chi connectivity index (χ4v) is 3.32. The second-order valence-electron chi connectivity index (χ2n) is 5.69. The number of alkyl halides is 6. The molecule has 1 aromatic heterocycles. The number of aryl methyl sites for hydroxylation is 1. The van der Waals surface area contributed by atoms with E-state index in [-0.39, 0.29) is 40.5 Å². The van der Waals surface area contributed by atoms with Crippen LogP contribution in [0.15, 0.2) is 12.1 Å². The van der Waals surface area contributed by atoms with Gasteiger partial charge in [0, 0.05) is 5.39 Å². The van der Waals surface area contributed by atoms with Crippen LogP contribution in [-0.4, -0.2) is 16.1 Å². The number of benzene rings is 1. The molecule has 1 N–H and O–H groups in total. The molecule has 0 saturated heterocycles. The first-order valence-corrected chi connectivity index (χ1v) is 7.00. The standard InChI is InChI=1S/C15H10F6N2O/c16-14(17,18)10-3-1-2-8-9-4-7(6-22)5-11(15(19,20)21)13(9)23(24)12(8)10/h4-5,10,24H,1-3H2. The summed E-state index contributed by atoms with van der Waals surface area (Å²) in [5, 5.41) is 18.9. The molecule has 2 aromatic rings. The van der Waals surface area contributed by atoms with Crippen molar-refractivity contribution >= 4 is 10.9 Å². The van der Waals surface area contributed by atoms with Gasteiger partial charge in [0.25, 0.3) is 0 Å². The van der Waals surface area contributed by atoms with E-state index < -0.39 is 35.0 Å². The lowest BCUT2D eigenvalue weighted by Crippen LogP contribution is -2.26. The SMILES string of the molecule is N#Cc1cc(C(F)(F)F)c2c(c1)c1c(n2O)C(C(F)(F)F)CCC1. The lowest BCUT2D eigenvalue weighted by atomic mass is 9.86. The van der Waals surface area contributed by atoms with E-state index in [4.69, 9.17) is 5.26 Å². The third-order valence-electron chi connectivity index (χ3n) is 4.26. The molecule has 0 spiro atoms. The zero-order chi connectivity index (χ0) is 17.9. The van der Waals surface area contributed by atoms with Crippen LogP contribution in [0.4, 0.5) is 26.3 Å². The van der Waals surface area contributed by atoms with Crippen molar-refractivity contribution in [1.29, 1.82) is 5.26 Å². The molecule has 1 aliphatic rings. The lowest BCUT2D eigenvalue weighted by molar-refractivity contribution is -0.156. The molecule has 0 fully saturated rings. The number of rotatable bonds is 0. The first kappa shape index (κ1) is 16.5. The Morgan fingerprint density at radius 1 is 1.17 bits per heavy atom. The van der Waals surface area contributed by atoms with Gasteiger partial charge in [0.1, 0.15) is 0 Å². The molecular weight excluding hydrogens is 338 g/mol. The molecule has 0 radical (unpaired) electrons. The summed E-state index contributed by atoms with van der Waals surface area (Å²) in [5.41, 5.74) is -2.93. The number of nitriles is 1. The van der Waals surface area contributed by atoms with Crippen molar-refractivity contribution in [2.45, 2.75) is 37.5 Å². The van der Waals surface area contributed by atoms with Crippen molar-refractivity contribution in [2.24, 2.45) is 0 Å². The summed E-state index contributed by atoms with van der Waals surface area (Å²) in [6.07, 6.45) is -9.66. The van der Waals surface area contributed by atoms with Crippen molar-refractivity contribution in [2.75, 3.05) is 0 Å². The fourth-order valence-electron chi connectivity index (χ4n) is 3.32. The highest BCUT2D eigenvalue weighted by Gasteiger charge is 2.47. The van der Waals surface area contributed by atoms with Crippen LogP contribution in [0.3, 0.4) is 0 Å². The monoisotopic (exact) mass is 348 g/mol. The highest BCUT2D eigenvalue weighted by Crippen LogP contribution is 2.48. The Balaban J connectivity index is 2.43. The summed E-state index contributed by atoms with van der Waals surface area (Å²) in [6.45, 7) is 0. The van der Waals surface area contributed by atoms with E-state index in [0.29, 0.717) is 6.07 Å². The van der Waals surface area contributed by atoms with Crippen LogP contribution in [0.5, 0.6) is 0 Å². The maximum absolute atomic E-state index is 13.3. The summed E-state index contributed by atoms with van der Waals surface area (Å²) in [7, 11) is 0. The molecule has 1 aromatic carbocycles. The number of nitrogens with zero attached hydrogens (tertiary/aromatic N) is 2. The maximum atomic E-state index is 13.3. The minimum atomic E-state index is -4.92. The number of hydrogen-bond donors (Lipinski definition) is 1. The van der Waals surface area contributed by atoms with Gasteiger partial charge in [0.05, 0.1) is 34.3 Å². The van der Waals surface area contributed by atoms with Gasteiger partial charge in [0.15, 0.2) is 0 Å². The molecule has 24 heavy (non-hydrogen) atoms. The lowest BCUT2D eigenvalue weighted by Gasteiger charge is -2.25. The average Bonchev–Trinajstić information content (AvgIpc) is 2.78. The number of hydrogen-bond acceptors (Lipinski definition) is 2. The highest BCUT2D eigenvalue weighted by molar-refractivity contribution is 5.90. The Bertz CT molecular complexity index is 856. The summed E-state index contributed by atoms with van der Waals surface area (Å²) < 4.78 is 79.4. The molecule has 0 amide bonds. The number of aromatic nitrogens is 1. The number of fused-ring (bicyclic) bond motifs is 3. The highest BCUT2D eigenvalue weighted by atomic mass is 19.4. The Morgan fingerprint density at radius 2 is 1.83 bits per heavy atom. The Labute approximate surface area is 131 Å². The van der Waals surface area contributed by atoms with E-state index in [9.17, 15) is 31.5 Å². The second kappa shape index (κ2) is 5.06. The summed E-state index contributed by atoms with van der Waals surface area (Å²) in [4.78, 5) is 0. The van der Waals surface area contributed by atoms with Gasteiger partial charge >= 0.3 is 12.4 Å². The van der Waals surface area contributed by atoms with Crippen LogP contribution in [0.25, 0.3) is 10.9 Å². The van der Waals surface area contributed by atoms with Crippen LogP contribution < -0.4 is 0 Å². The summed E-state index contributed by atoms with van der Waals surface area (Å²) in [5.74, 6) is -2.04. The molecule has 0 saturated carbocycles. The van der Waals surface area contributed by atoms with Crippen LogP contribution in [0.2, 0.25) is 0 Å². The molecule has 1 atom stereocenters. The van der Waals surface area contributed by atoms with Crippen LogP contribution >= 0.6 is 0 Å². The van der Waals surface area contributed by atoms with Gasteiger partial charge in [-0.25, -0.2) is 0 Å². The van der Waals surface area contributed by atoms with Gasteiger partial charge in [-0.15, -0.1) is 0 Å². The van der Waals surface area contributed by atoms with Gasteiger partial charge in [-0.05, 0) is 37.0 Å². The smallest absolute Gasteiger partial charge is 0.418 e. The zero-order valence-corrected chi connectivity index (χ0v) is 12.0. The van der Waals surface area contributed by atoms with Crippen LogP contribution in [0.1, 0.15) is 41.1 Å². The molecule has 1 unspecified atom stereocenters. The van der Waals surface area contributed by atoms with E-state index >= 15 is 0 Å². The topological polar surface area (TPSA) is 49.0 Å². The second-order valence-corrected chi connectivity index (χ2v) is 5.69. The largest absolute Gasteiger partial charge is 0.428 e. The molecule has 1 aliphatic carbocycles. The summed E-state index contributed by atoms with van der Waals surface area (Å²) >= 11 is 0. The average molecular weight is 348 g/mol. The molecule has 0 aliphatic heterocycles. The molecule has 3 rings (SSSR count). The molecule has 128 valence electrons. The van der Waals surface area contributed by atoms with E-state index in [1.54, 1.807) is 6.07 Å². The predicted octanol–water partition coefficient (Wildman–Crippen LogP) is 4.75. The summed E-state index contributed by atoms with van der Waals surface area (Å²) in [6, 6.07) is 3.20. The minimum absolute atomic E-state index is 0.00591. The first-order valence-electron chi connectivity index (χ1n) is 7.00. The van der Waals surface area contributed by atoms with Gasteiger partial charge in [-0.3, -0.25) is 0 Å². The molecule has 0 bridgehead atoms. The van der Waals surface area contributed by atoms with Gasteiger partial charge in [0.2, 0.25) is 0 Å². The van der Waals surface area contributed by atoms with E-state index in [1.807, 2.05) is 0 Å². The van der Waals surface area contributed by atoms with Gasteiger partial charge in [-0.1, -0.05) is 0 Å². The van der Waals surface area contributed by atoms with Crippen molar-refractivity contribution in [3.8, 4) is 6.07 Å². The van der Waals surface area contributed by atoms with Crippen LogP contribution in [0, 0.1) is 11.3 Å². The molecule has 3 nitrogen and oxygen atoms in total. The van der Waals surface area contributed by atoms with Crippen molar-refractivity contribution in [3.05, 3.63) is 34.5 Å². The molecule has 1 heterocycles. The van der Waals surface area contributed by atoms with E-state index in [0.717, 1.165) is 6.07 Å². The van der Waals surface area contributed by atoms with Gasteiger partial charge < -0.3 is 5.21 Å². The Morgan fingerprint density at radius 3 is 2.38 bits per heavy atom. The van der Waals surface area contributed by atoms with E-state index in [1.165, 1.54) is 0 Å². The predicted molar refractivity (Wildman–Crippen MR) is 70.6 cm³/mol. The van der Waals surface area contributed by atoms with Gasteiger partial charge in [-0.2, -0.15) is 36.3 Å². The fraction of sp³-hybridized carbons (Fsp3) is 0.400. The van der Waals surface area contributed by atoms with Crippen molar-refractivity contribution in [3.63, 3.8) is 0 Å². The van der Waals surface area contributed by atoms with E-state index in [2.05, 4.69) is 0 Å². The Kier molecular flexibility index (Phi) is 3.48. The normalized spacial score (nSPS) is 18.5. The molecular formula is C15H10F6N2O. The third-order valence-corrected chi connectivity index (χ3v) is 4.26. The third kappa shape index (κ3) is 2.37. The first-order chi connectivity index (χ1) is 11.1. The minimum Gasteiger partial charge on any atom is -0.428 e. The van der Waals surface area contributed by atoms with Crippen LogP contribution in [-0.2, 0) is 12.6 Å². The maximum Gasteiger partial charge on any atom is 0.418 e. The Hall–Kier alpha value is -2.37. The van der Waals surface area contributed by atoms with Crippen molar-refractivity contribution in [1.82, 2.24) is 4.73 Å². The quantitative estimate of drug-likeness (QED) is 0.552.